The molecular weight excluding hydrogens is 261 g/mol. The van der Waals surface area contributed by atoms with Crippen LogP contribution in [0.5, 0.6) is 0 Å². The van der Waals surface area contributed by atoms with Gasteiger partial charge in [0.2, 0.25) is 0 Å². The molecule has 1 aromatic rings. The molecule has 2 rings (SSSR count). The number of nitrogens with one attached hydrogen (secondary N) is 1. The molecule has 0 heterocycles. The smallest absolute Gasteiger partial charge is 0.128 e. The van der Waals surface area contributed by atoms with E-state index in [4.69, 9.17) is 11.6 Å². The summed E-state index contributed by atoms with van der Waals surface area (Å²) >= 11 is 6.25. The summed E-state index contributed by atoms with van der Waals surface area (Å²) in [6.07, 6.45) is 4.90. The third kappa shape index (κ3) is 3.70. The summed E-state index contributed by atoms with van der Waals surface area (Å²) in [5, 5.41) is 4.02. The predicted molar refractivity (Wildman–Crippen MR) is 79.2 cm³/mol. The Morgan fingerprint density at radius 2 is 2.00 bits per heavy atom. The molecule has 1 aliphatic carbocycles. The maximum absolute atomic E-state index is 14.2. The first-order valence-electron chi connectivity index (χ1n) is 7.27. The van der Waals surface area contributed by atoms with Crippen molar-refractivity contribution < 1.29 is 4.39 Å². The number of hydrogen-bond acceptors (Lipinski definition) is 1. The van der Waals surface area contributed by atoms with E-state index in [0.29, 0.717) is 22.5 Å². The Kier molecular flexibility index (Phi) is 5.23. The second kappa shape index (κ2) is 6.71. The van der Waals surface area contributed by atoms with Crippen LogP contribution < -0.4 is 5.32 Å². The molecule has 3 heteroatoms. The van der Waals surface area contributed by atoms with Crippen molar-refractivity contribution in [1.29, 1.82) is 0 Å². The number of halogens is 2. The van der Waals surface area contributed by atoms with Gasteiger partial charge in [-0.25, -0.2) is 4.39 Å². The number of hydrogen-bond donors (Lipinski definition) is 1. The summed E-state index contributed by atoms with van der Waals surface area (Å²) in [6, 6.07) is 5.42. The van der Waals surface area contributed by atoms with E-state index >= 15 is 0 Å². The standard InChI is InChI=1S/C16H23ClFN/c1-11(2)19-10-13(12-6-3-4-7-12)16-14(17)8-5-9-15(16)18/h5,8-9,11-13,19H,3-4,6-7,10H2,1-2H3. The van der Waals surface area contributed by atoms with Gasteiger partial charge in [-0.15, -0.1) is 0 Å². The molecule has 0 aliphatic heterocycles. The lowest BCUT2D eigenvalue weighted by Crippen LogP contribution is -2.31. The first-order valence-corrected chi connectivity index (χ1v) is 7.64. The van der Waals surface area contributed by atoms with Crippen LogP contribution in [0.4, 0.5) is 4.39 Å². The molecule has 1 atom stereocenters. The largest absolute Gasteiger partial charge is 0.314 e. The van der Waals surface area contributed by atoms with Crippen LogP contribution in [0, 0.1) is 11.7 Å². The van der Waals surface area contributed by atoms with E-state index in [1.54, 1.807) is 12.1 Å². The topological polar surface area (TPSA) is 12.0 Å². The minimum Gasteiger partial charge on any atom is -0.314 e. The van der Waals surface area contributed by atoms with Crippen molar-refractivity contribution in [3.05, 3.63) is 34.6 Å². The summed E-state index contributed by atoms with van der Waals surface area (Å²) < 4.78 is 14.2. The molecule has 0 aromatic heterocycles. The van der Waals surface area contributed by atoms with Crippen LogP contribution in [0.15, 0.2) is 18.2 Å². The minimum absolute atomic E-state index is 0.157. The summed E-state index contributed by atoms with van der Waals surface area (Å²) in [7, 11) is 0. The normalized spacial score (nSPS) is 18.2. The van der Waals surface area contributed by atoms with Crippen LogP contribution in [0.1, 0.15) is 51.0 Å². The molecule has 1 fully saturated rings. The monoisotopic (exact) mass is 283 g/mol. The molecule has 1 nitrogen and oxygen atoms in total. The molecule has 1 N–H and O–H groups in total. The van der Waals surface area contributed by atoms with Crippen molar-refractivity contribution in [1.82, 2.24) is 5.32 Å². The van der Waals surface area contributed by atoms with Crippen molar-refractivity contribution >= 4 is 11.6 Å². The van der Waals surface area contributed by atoms with Gasteiger partial charge in [0.1, 0.15) is 5.82 Å². The highest BCUT2D eigenvalue weighted by molar-refractivity contribution is 6.31. The van der Waals surface area contributed by atoms with Crippen molar-refractivity contribution in [2.75, 3.05) is 6.54 Å². The van der Waals surface area contributed by atoms with E-state index in [1.165, 1.54) is 31.7 Å². The average molecular weight is 284 g/mol. The maximum Gasteiger partial charge on any atom is 0.128 e. The van der Waals surface area contributed by atoms with Crippen molar-refractivity contribution in [3.8, 4) is 0 Å². The highest BCUT2D eigenvalue weighted by Gasteiger charge is 2.29. The average Bonchev–Trinajstić information content (AvgIpc) is 2.86. The second-order valence-electron chi connectivity index (χ2n) is 5.85. The summed E-state index contributed by atoms with van der Waals surface area (Å²) in [5.41, 5.74) is 0.712. The Bertz CT molecular complexity index is 393. The van der Waals surface area contributed by atoms with Gasteiger partial charge < -0.3 is 5.32 Å². The lowest BCUT2D eigenvalue weighted by atomic mass is 9.84. The molecule has 1 saturated carbocycles. The minimum atomic E-state index is -0.157. The lowest BCUT2D eigenvalue weighted by Gasteiger charge is -2.26. The van der Waals surface area contributed by atoms with Crippen LogP contribution in [0.25, 0.3) is 0 Å². The zero-order valence-electron chi connectivity index (χ0n) is 11.8. The highest BCUT2D eigenvalue weighted by Crippen LogP contribution is 2.40. The van der Waals surface area contributed by atoms with Crippen LogP contribution >= 0.6 is 11.6 Å². The van der Waals surface area contributed by atoms with Crippen LogP contribution in [0.3, 0.4) is 0 Å². The fourth-order valence-corrected chi connectivity index (χ4v) is 3.39. The first-order chi connectivity index (χ1) is 9.09. The van der Waals surface area contributed by atoms with Crippen LogP contribution in [-0.2, 0) is 0 Å². The van der Waals surface area contributed by atoms with Gasteiger partial charge in [-0.2, -0.15) is 0 Å². The van der Waals surface area contributed by atoms with E-state index in [0.717, 1.165) is 6.54 Å². The fourth-order valence-electron chi connectivity index (χ4n) is 3.09. The van der Waals surface area contributed by atoms with E-state index < -0.39 is 0 Å². The van der Waals surface area contributed by atoms with Crippen molar-refractivity contribution in [3.63, 3.8) is 0 Å². The van der Waals surface area contributed by atoms with E-state index in [-0.39, 0.29) is 11.7 Å². The summed E-state index contributed by atoms with van der Waals surface area (Å²) in [5.74, 6) is 0.592. The molecule has 0 amide bonds. The first kappa shape index (κ1) is 14.8. The molecule has 1 aliphatic rings. The quantitative estimate of drug-likeness (QED) is 0.822. The molecule has 19 heavy (non-hydrogen) atoms. The Hall–Kier alpha value is -0.600. The van der Waals surface area contributed by atoms with E-state index in [9.17, 15) is 4.39 Å². The molecular formula is C16H23ClFN. The molecule has 0 saturated heterocycles. The van der Waals surface area contributed by atoms with Gasteiger partial charge in [0.05, 0.1) is 0 Å². The van der Waals surface area contributed by atoms with Gasteiger partial charge in [-0.1, -0.05) is 44.4 Å². The SMILES string of the molecule is CC(C)NCC(c1c(F)cccc1Cl)C1CCCC1. The lowest BCUT2D eigenvalue weighted by molar-refractivity contribution is 0.387. The third-order valence-corrected chi connectivity index (χ3v) is 4.41. The summed E-state index contributed by atoms with van der Waals surface area (Å²) in [6.45, 7) is 5.05. The zero-order chi connectivity index (χ0) is 13.8. The van der Waals surface area contributed by atoms with Gasteiger partial charge in [-0.3, -0.25) is 0 Å². The summed E-state index contributed by atoms with van der Waals surface area (Å²) in [4.78, 5) is 0. The molecule has 1 unspecified atom stereocenters. The molecule has 0 spiro atoms. The van der Waals surface area contributed by atoms with Gasteiger partial charge in [-0.05, 0) is 30.9 Å². The Labute approximate surface area is 120 Å². The fraction of sp³-hybridized carbons (Fsp3) is 0.625. The van der Waals surface area contributed by atoms with Gasteiger partial charge in [0.15, 0.2) is 0 Å². The van der Waals surface area contributed by atoms with E-state index in [2.05, 4.69) is 19.2 Å². The molecule has 0 bridgehead atoms. The van der Waals surface area contributed by atoms with Gasteiger partial charge in [0, 0.05) is 29.1 Å². The second-order valence-corrected chi connectivity index (χ2v) is 6.26. The van der Waals surface area contributed by atoms with Crippen LogP contribution in [0.2, 0.25) is 5.02 Å². The third-order valence-electron chi connectivity index (χ3n) is 4.09. The Morgan fingerprint density at radius 1 is 1.32 bits per heavy atom. The highest BCUT2D eigenvalue weighted by atomic mass is 35.5. The van der Waals surface area contributed by atoms with Crippen LogP contribution in [-0.4, -0.2) is 12.6 Å². The maximum atomic E-state index is 14.2. The van der Waals surface area contributed by atoms with Crippen molar-refractivity contribution in [2.45, 2.75) is 51.5 Å². The van der Waals surface area contributed by atoms with Gasteiger partial charge >= 0.3 is 0 Å². The molecule has 106 valence electrons. The Balaban J connectivity index is 2.25. The molecule has 1 aromatic carbocycles. The zero-order valence-corrected chi connectivity index (χ0v) is 12.5. The number of rotatable bonds is 5. The van der Waals surface area contributed by atoms with Gasteiger partial charge in [0.25, 0.3) is 0 Å². The Morgan fingerprint density at radius 3 is 2.58 bits per heavy atom. The number of benzene rings is 1. The van der Waals surface area contributed by atoms with Crippen molar-refractivity contribution in [2.24, 2.45) is 5.92 Å². The predicted octanol–water partition coefficient (Wildman–Crippen LogP) is 4.75. The molecule has 0 radical (unpaired) electrons. The van der Waals surface area contributed by atoms with E-state index in [1.807, 2.05) is 0 Å².